The molecule has 0 aromatic heterocycles. The van der Waals surface area contributed by atoms with E-state index in [-0.39, 0.29) is 5.71 Å². The lowest BCUT2D eigenvalue weighted by Crippen LogP contribution is -2.03. The molecule has 24 heavy (non-hydrogen) atoms. The fourth-order valence-electron chi connectivity index (χ4n) is 1.75. The molecule has 0 bridgehead atoms. The second-order valence-corrected chi connectivity index (χ2v) is 4.41. The van der Waals surface area contributed by atoms with Crippen molar-refractivity contribution < 1.29 is 14.3 Å². The standard InChI is InChI=1S/C17H12N4O3/c1-23-17(22)15-4-2-3-5-16(15)24-14-8-6-12(7-9-14)20-21-13(10-18)11-19/h2-9,20H,1H3. The number of benzene rings is 2. The number of ether oxygens (including phenoxy) is 2. The molecule has 0 spiro atoms. The van der Waals surface area contributed by atoms with Gasteiger partial charge in [-0.1, -0.05) is 12.1 Å². The largest absolute Gasteiger partial charge is 0.465 e. The van der Waals surface area contributed by atoms with Crippen LogP contribution in [0.3, 0.4) is 0 Å². The summed E-state index contributed by atoms with van der Waals surface area (Å²) < 4.78 is 10.4. The van der Waals surface area contributed by atoms with Gasteiger partial charge in [-0.15, -0.1) is 0 Å². The van der Waals surface area contributed by atoms with Crippen molar-refractivity contribution >= 4 is 17.4 Å². The van der Waals surface area contributed by atoms with E-state index in [4.69, 9.17) is 20.0 Å². The fourth-order valence-corrected chi connectivity index (χ4v) is 1.75. The van der Waals surface area contributed by atoms with E-state index < -0.39 is 5.97 Å². The van der Waals surface area contributed by atoms with Crippen molar-refractivity contribution in [2.24, 2.45) is 5.10 Å². The van der Waals surface area contributed by atoms with E-state index >= 15 is 0 Å². The van der Waals surface area contributed by atoms with Crippen LogP contribution in [0.15, 0.2) is 53.6 Å². The van der Waals surface area contributed by atoms with Gasteiger partial charge in [-0.25, -0.2) is 4.79 Å². The highest BCUT2D eigenvalue weighted by Gasteiger charge is 2.12. The summed E-state index contributed by atoms with van der Waals surface area (Å²) in [5.74, 6) is 0.389. The number of nitriles is 2. The van der Waals surface area contributed by atoms with Crippen molar-refractivity contribution in [3.05, 3.63) is 54.1 Å². The van der Waals surface area contributed by atoms with Crippen LogP contribution in [0.1, 0.15) is 10.4 Å². The predicted octanol–water partition coefficient (Wildman–Crippen LogP) is 3.08. The highest BCUT2D eigenvalue weighted by molar-refractivity contribution is 6.10. The molecular formula is C17H12N4O3. The molecule has 0 aliphatic rings. The molecule has 118 valence electrons. The highest BCUT2D eigenvalue weighted by atomic mass is 16.5. The molecule has 0 radical (unpaired) electrons. The van der Waals surface area contributed by atoms with Crippen LogP contribution in [0.4, 0.5) is 5.69 Å². The minimum atomic E-state index is -0.487. The number of carbonyl (C=O) groups is 1. The van der Waals surface area contributed by atoms with Crippen LogP contribution in [-0.2, 0) is 4.74 Å². The first-order valence-corrected chi connectivity index (χ1v) is 6.77. The maximum absolute atomic E-state index is 11.7. The first-order chi connectivity index (χ1) is 11.7. The summed E-state index contributed by atoms with van der Waals surface area (Å²) in [5, 5.41) is 20.8. The second-order valence-electron chi connectivity index (χ2n) is 4.41. The van der Waals surface area contributed by atoms with Crippen LogP contribution >= 0.6 is 0 Å². The summed E-state index contributed by atoms with van der Waals surface area (Å²) in [4.78, 5) is 11.7. The van der Waals surface area contributed by atoms with Gasteiger partial charge >= 0.3 is 5.97 Å². The lowest BCUT2D eigenvalue weighted by Gasteiger charge is -2.10. The first-order valence-electron chi connectivity index (χ1n) is 6.77. The van der Waals surface area contributed by atoms with Crippen LogP contribution in [0.5, 0.6) is 11.5 Å². The number of carbonyl (C=O) groups excluding carboxylic acids is 1. The summed E-state index contributed by atoms with van der Waals surface area (Å²) >= 11 is 0. The molecule has 2 aromatic carbocycles. The Morgan fingerprint density at radius 2 is 1.75 bits per heavy atom. The molecule has 7 nitrogen and oxygen atoms in total. The molecule has 0 saturated heterocycles. The number of para-hydroxylation sites is 1. The lowest BCUT2D eigenvalue weighted by molar-refractivity contribution is 0.0598. The smallest absolute Gasteiger partial charge is 0.341 e. The molecule has 0 aliphatic heterocycles. The Balaban J connectivity index is 2.13. The summed E-state index contributed by atoms with van der Waals surface area (Å²) in [6.45, 7) is 0. The van der Waals surface area contributed by atoms with Gasteiger partial charge in [-0.05, 0) is 36.4 Å². The van der Waals surface area contributed by atoms with E-state index in [9.17, 15) is 4.79 Å². The van der Waals surface area contributed by atoms with E-state index in [1.165, 1.54) is 7.11 Å². The van der Waals surface area contributed by atoms with Crippen molar-refractivity contribution in [2.45, 2.75) is 0 Å². The molecule has 0 fully saturated rings. The average molecular weight is 320 g/mol. The Morgan fingerprint density at radius 3 is 2.38 bits per heavy atom. The number of anilines is 1. The second kappa shape index (κ2) is 7.97. The SMILES string of the molecule is COC(=O)c1ccccc1Oc1ccc(NN=C(C#N)C#N)cc1. The minimum absolute atomic E-state index is 0.276. The zero-order chi connectivity index (χ0) is 17.4. The summed E-state index contributed by atoms with van der Waals surface area (Å²) in [6.07, 6.45) is 0. The number of nitrogens with zero attached hydrogens (tertiary/aromatic N) is 3. The minimum Gasteiger partial charge on any atom is -0.465 e. The average Bonchev–Trinajstić information content (AvgIpc) is 2.63. The van der Waals surface area contributed by atoms with Crippen molar-refractivity contribution in [3.8, 4) is 23.6 Å². The highest BCUT2D eigenvalue weighted by Crippen LogP contribution is 2.26. The normalized spacial score (nSPS) is 9.12. The molecule has 7 heteroatoms. The molecule has 1 N–H and O–H groups in total. The maximum atomic E-state index is 11.7. The van der Waals surface area contributed by atoms with Crippen molar-refractivity contribution in [1.82, 2.24) is 0 Å². The van der Waals surface area contributed by atoms with Crippen LogP contribution < -0.4 is 10.2 Å². The Hall–Kier alpha value is -3.84. The van der Waals surface area contributed by atoms with Gasteiger partial charge < -0.3 is 9.47 Å². The monoisotopic (exact) mass is 320 g/mol. The van der Waals surface area contributed by atoms with Gasteiger partial charge in [0.25, 0.3) is 0 Å². The van der Waals surface area contributed by atoms with Crippen LogP contribution in [0.2, 0.25) is 0 Å². The molecule has 2 rings (SSSR count). The number of rotatable bonds is 5. The number of esters is 1. The Kier molecular flexibility index (Phi) is 5.49. The number of nitrogens with one attached hydrogen (secondary N) is 1. The first kappa shape index (κ1) is 16.5. The molecule has 0 atom stereocenters. The molecule has 0 saturated carbocycles. The number of hydrazone groups is 1. The van der Waals surface area contributed by atoms with Crippen molar-refractivity contribution in [2.75, 3.05) is 12.5 Å². The third-order valence-corrected chi connectivity index (χ3v) is 2.88. The van der Waals surface area contributed by atoms with Crippen molar-refractivity contribution in [1.29, 1.82) is 10.5 Å². The third kappa shape index (κ3) is 4.09. The van der Waals surface area contributed by atoms with Gasteiger partial charge in [-0.3, -0.25) is 5.43 Å². The molecule has 0 unspecified atom stereocenters. The van der Waals surface area contributed by atoms with E-state index in [1.54, 1.807) is 60.7 Å². The molecule has 0 heterocycles. The molecular weight excluding hydrogens is 308 g/mol. The van der Waals surface area contributed by atoms with E-state index in [0.717, 1.165) is 0 Å². The lowest BCUT2D eigenvalue weighted by atomic mass is 10.2. The van der Waals surface area contributed by atoms with Gasteiger partial charge in [-0.2, -0.15) is 15.6 Å². The maximum Gasteiger partial charge on any atom is 0.341 e. The molecule has 2 aromatic rings. The Labute approximate surface area is 138 Å². The zero-order valence-electron chi connectivity index (χ0n) is 12.7. The fraction of sp³-hybridized carbons (Fsp3) is 0.0588. The Morgan fingerprint density at radius 1 is 1.08 bits per heavy atom. The number of methoxy groups -OCH3 is 1. The molecule has 0 aliphatic carbocycles. The van der Waals surface area contributed by atoms with Gasteiger partial charge in [0.2, 0.25) is 5.71 Å². The van der Waals surface area contributed by atoms with Crippen LogP contribution in [0, 0.1) is 22.7 Å². The van der Waals surface area contributed by atoms with E-state index in [1.807, 2.05) is 0 Å². The van der Waals surface area contributed by atoms with Gasteiger partial charge in [0.15, 0.2) is 0 Å². The predicted molar refractivity (Wildman–Crippen MR) is 86.6 cm³/mol. The summed E-state index contributed by atoms with van der Waals surface area (Å²) in [7, 11) is 1.30. The van der Waals surface area contributed by atoms with E-state index in [0.29, 0.717) is 22.7 Å². The third-order valence-electron chi connectivity index (χ3n) is 2.88. The topological polar surface area (TPSA) is 108 Å². The molecule has 0 amide bonds. The van der Waals surface area contributed by atoms with Gasteiger partial charge in [0, 0.05) is 0 Å². The quantitative estimate of drug-likeness (QED) is 0.515. The zero-order valence-corrected chi connectivity index (χ0v) is 12.7. The van der Waals surface area contributed by atoms with Crippen LogP contribution in [0.25, 0.3) is 0 Å². The van der Waals surface area contributed by atoms with Gasteiger partial charge in [0.05, 0.1) is 12.8 Å². The number of hydrogen-bond acceptors (Lipinski definition) is 7. The van der Waals surface area contributed by atoms with Crippen molar-refractivity contribution in [3.63, 3.8) is 0 Å². The van der Waals surface area contributed by atoms with Gasteiger partial charge in [0.1, 0.15) is 29.2 Å². The van der Waals surface area contributed by atoms with E-state index in [2.05, 4.69) is 10.5 Å². The van der Waals surface area contributed by atoms with Crippen LogP contribution in [-0.4, -0.2) is 18.8 Å². The summed E-state index contributed by atoms with van der Waals surface area (Å²) in [6, 6.07) is 16.7. The summed E-state index contributed by atoms with van der Waals surface area (Å²) in [5.41, 5.74) is 3.21. The number of hydrogen-bond donors (Lipinski definition) is 1. The Bertz CT molecular complexity index is 829.